The van der Waals surface area contributed by atoms with Gasteiger partial charge in [0.2, 0.25) is 5.13 Å². The van der Waals surface area contributed by atoms with Crippen LogP contribution in [0.1, 0.15) is 5.01 Å². The van der Waals surface area contributed by atoms with Gasteiger partial charge in [-0.1, -0.05) is 35.6 Å². The summed E-state index contributed by atoms with van der Waals surface area (Å²) in [4.78, 5) is 0. The Morgan fingerprint density at radius 2 is 1.85 bits per heavy atom. The lowest BCUT2D eigenvalue weighted by atomic mass is 10.3. The molecule has 0 aliphatic heterocycles. The molecular formula is C18H18N4O2S2. The molecule has 3 rings (SSSR count). The molecule has 26 heavy (non-hydrogen) atoms. The summed E-state index contributed by atoms with van der Waals surface area (Å²) in [6.07, 6.45) is 0.662. The van der Waals surface area contributed by atoms with Crippen molar-refractivity contribution < 1.29 is 9.47 Å². The number of nitrogens with zero attached hydrogens (tertiary/aromatic N) is 2. The molecule has 2 N–H and O–H groups in total. The van der Waals surface area contributed by atoms with Crippen molar-refractivity contribution >= 4 is 39.5 Å². The van der Waals surface area contributed by atoms with Crippen LogP contribution in [0.25, 0.3) is 0 Å². The van der Waals surface area contributed by atoms with Gasteiger partial charge < -0.3 is 20.1 Å². The number of para-hydroxylation sites is 1. The third-order valence-corrected chi connectivity index (χ3v) is 4.45. The molecule has 8 heteroatoms. The van der Waals surface area contributed by atoms with E-state index in [1.165, 1.54) is 11.3 Å². The van der Waals surface area contributed by atoms with Crippen molar-refractivity contribution in [1.82, 2.24) is 10.2 Å². The summed E-state index contributed by atoms with van der Waals surface area (Å²) in [6.45, 7) is 0.508. The molecule has 0 atom stereocenters. The van der Waals surface area contributed by atoms with Gasteiger partial charge in [0.05, 0.1) is 13.7 Å². The zero-order valence-electron chi connectivity index (χ0n) is 14.1. The minimum absolute atomic E-state index is 0.478. The summed E-state index contributed by atoms with van der Waals surface area (Å²) in [5, 5.41) is 16.4. The number of hydrogen-bond acceptors (Lipinski definition) is 6. The van der Waals surface area contributed by atoms with Gasteiger partial charge in [-0.25, -0.2) is 0 Å². The van der Waals surface area contributed by atoms with Gasteiger partial charge in [-0.15, -0.1) is 10.2 Å². The second-order valence-corrected chi connectivity index (χ2v) is 6.69. The average molecular weight is 387 g/mol. The highest BCUT2D eigenvalue weighted by Gasteiger charge is 2.07. The van der Waals surface area contributed by atoms with Crippen LogP contribution in [0.5, 0.6) is 11.5 Å². The summed E-state index contributed by atoms with van der Waals surface area (Å²) in [5.74, 6) is 1.53. The molecule has 1 aromatic heterocycles. The Hall–Kier alpha value is -2.71. The van der Waals surface area contributed by atoms with E-state index in [2.05, 4.69) is 20.8 Å². The van der Waals surface area contributed by atoms with Crippen LogP contribution in [-0.2, 0) is 6.42 Å². The molecule has 0 aliphatic carbocycles. The fourth-order valence-corrected chi connectivity index (χ4v) is 3.14. The lowest BCUT2D eigenvalue weighted by Gasteiger charge is -2.07. The first-order valence-electron chi connectivity index (χ1n) is 7.95. The minimum atomic E-state index is 0.478. The van der Waals surface area contributed by atoms with Crippen LogP contribution in [0.4, 0.5) is 10.8 Å². The van der Waals surface area contributed by atoms with Gasteiger partial charge in [0, 0.05) is 18.2 Å². The lowest BCUT2D eigenvalue weighted by Crippen LogP contribution is -2.18. The van der Waals surface area contributed by atoms with Crippen molar-refractivity contribution in [1.29, 1.82) is 0 Å². The molecule has 0 saturated carbocycles. The topological polar surface area (TPSA) is 68.3 Å². The molecule has 134 valence electrons. The van der Waals surface area contributed by atoms with Crippen LogP contribution < -0.4 is 20.1 Å². The third-order valence-electron chi connectivity index (χ3n) is 3.34. The highest BCUT2D eigenvalue weighted by molar-refractivity contribution is 7.80. The second-order valence-electron chi connectivity index (χ2n) is 5.22. The number of hydrogen-bond donors (Lipinski definition) is 2. The number of rotatable bonds is 7. The van der Waals surface area contributed by atoms with E-state index in [4.69, 9.17) is 21.7 Å². The molecule has 0 amide bonds. The van der Waals surface area contributed by atoms with Gasteiger partial charge in [-0.05, 0) is 36.5 Å². The molecule has 0 saturated heterocycles. The number of methoxy groups -OCH3 is 1. The summed E-state index contributed by atoms with van der Waals surface area (Å²) >= 11 is 6.73. The van der Waals surface area contributed by atoms with Crippen molar-refractivity contribution in [3.63, 3.8) is 0 Å². The predicted molar refractivity (Wildman–Crippen MR) is 108 cm³/mol. The number of anilines is 2. The van der Waals surface area contributed by atoms with E-state index in [0.29, 0.717) is 23.3 Å². The van der Waals surface area contributed by atoms with Gasteiger partial charge in [0.1, 0.15) is 16.5 Å². The van der Waals surface area contributed by atoms with Gasteiger partial charge >= 0.3 is 0 Å². The Morgan fingerprint density at radius 1 is 1.04 bits per heavy atom. The van der Waals surface area contributed by atoms with Crippen molar-refractivity contribution in [2.75, 3.05) is 24.4 Å². The van der Waals surface area contributed by atoms with E-state index in [-0.39, 0.29) is 0 Å². The Kier molecular flexibility index (Phi) is 6.34. The van der Waals surface area contributed by atoms with Crippen molar-refractivity contribution in [3.8, 4) is 11.5 Å². The molecule has 0 fully saturated rings. The first-order valence-corrected chi connectivity index (χ1v) is 9.18. The number of benzene rings is 2. The Labute approximate surface area is 161 Å². The SMILES string of the molecule is COc1cccc(OCCc2nnc(NC(=S)Nc3ccccc3)s2)c1. The van der Waals surface area contributed by atoms with Crippen LogP contribution in [0.2, 0.25) is 0 Å². The minimum Gasteiger partial charge on any atom is -0.497 e. The molecule has 0 unspecified atom stereocenters. The molecule has 2 aromatic carbocycles. The number of ether oxygens (including phenoxy) is 2. The third kappa shape index (κ3) is 5.40. The van der Waals surface area contributed by atoms with Gasteiger partial charge in [-0.2, -0.15) is 0 Å². The van der Waals surface area contributed by atoms with Crippen LogP contribution in [0.3, 0.4) is 0 Å². The van der Waals surface area contributed by atoms with Crippen LogP contribution in [-0.4, -0.2) is 29.0 Å². The molecule has 0 bridgehead atoms. The maximum absolute atomic E-state index is 5.72. The molecule has 3 aromatic rings. The fraction of sp³-hybridized carbons (Fsp3) is 0.167. The maximum atomic E-state index is 5.72. The van der Waals surface area contributed by atoms with Crippen LogP contribution >= 0.6 is 23.6 Å². The molecule has 0 aliphatic rings. The number of nitrogens with one attached hydrogen (secondary N) is 2. The predicted octanol–water partition coefficient (Wildman–Crippen LogP) is 3.98. The second kappa shape index (κ2) is 9.12. The first kappa shape index (κ1) is 18.1. The quantitative estimate of drug-likeness (QED) is 0.595. The zero-order valence-corrected chi connectivity index (χ0v) is 15.8. The fourth-order valence-electron chi connectivity index (χ4n) is 2.13. The smallest absolute Gasteiger partial charge is 0.211 e. The summed E-state index contributed by atoms with van der Waals surface area (Å²) in [7, 11) is 1.63. The van der Waals surface area contributed by atoms with E-state index in [0.717, 1.165) is 22.2 Å². The van der Waals surface area contributed by atoms with E-state index >= 15 is 0 Å². The highest BCUT2D eigenvalue weighted by atomic mass is 32.1. The van der Waals surface area contributed by atoms with Crippen molar-refractivity contribution in [3.05, 3.63) is 59.6 Å². The number of thiocarbonyl (C=S) groups is 1. The van der Waals surface area contributed by atoms with E-state index in [1.54, 1.807) is 7.11 Å². The van der Waals surface area contributed by atoms with Crippen molar-refractivity contribution in [2.24, 2.45) is 0 Å². The van der Waals surface area contributed by atoms with E-state index < -0.39 is 0 Å². The molecule has 0 spiro atoms. The molecular weight excluding hydrogens is 368 g/mol. The van der Waals surface area contributed by atoms with Crippen LogP contribution in [0.15, 0.2) is 54.6 Å². The standard InChI is InChI=1S/C18H18N4O2S2/c1-23-14-8-5-9-15(12-14)24-11-10-16-21-22-18(26-16)20-17(25)19-13-6-3-2-4-7-13/h2-9,12H,10-11H2,1H3,(H2,19,20,22,25). The Bertz CT molecular complexity index is 855. The largest absolute Gasteiger partial charge is 0.497 e. The summed E-state index contributed by atoms with van der Waals surface area (Å²) in [5.41, 5.74) is 0.918. The normalized spacial score (nSPS) is 10.2. The highest BCUT2D eigenvalue weighted by Crippen LogP contribution is 2.20. The first-order chi connectivity index (χ1) is 12.7. The lowest BCUT2D eigenvalue weighted by molar-refractivity contribution is 0.318. The summed E-state index contributed by atoms with van der Waals surface area (Å²) < 4.78 is 10.9. The summed E-state index contributed by atoms with van der Waals surface area (Å²) in [6, 6.07) is 17.2. The monoisotopic (exact) mass is 386 g/mol. The Morgan fingerprint density at radius 3 is 2.65 bits per heavy atom. The van der Waals surface area contributed by atoms with E-state index in [9.17, 15) is 0 Å². The zero-order chi connectivity index (χ0) is 18.2. The maximum Gasteiger partial charge on any atom is 0.211 e. The van der Waals surface area contributed by atoms with Crippen molar-refractivity contribution in [2.45, 2.75) is 6.42 Å². The average Bonchev–Trinajstić information content (AvgIpc) is 3.10. The Balaban J connectivity index is 1.46. The van der Waals surface area contributed by atoms with E-state index in [1.807, 2.05) is 54.6 Å². The van der Waals surface area contributed by atoms with Crippen LogP contribution in [0, 0.1) is 0 Å². The van der Waals surface area contributed by atoms with Gasteiger partial charge in [0.15, 0.2) is 5.11 Å². The van der Waals surface area contributed by atoms with Gasteiger partial charge in [-0.3, -0.25) is 0 Å². The molecule has 1 heterocycles. The number of aromatic nitrogens is 2. The molecule has 6 nitrogen and oxygen atoms in total. The van der Waals surface area contributed by atoms with Gasteiger partial charge in [0.25, 0.3) is 0 Å². The molecule has 0 radical (unpaired) electrons.